The fourth-order valence-electron chi connectivity index (χ4n) is 6.41. The molecule has 0 unspecified atom stereocenters. The van der Waals surface area contributed by atoms with E-state index in [1.54, 1.807) is 22.7 Å². The standard InChI is InChI=1S/2C21H13NOS.Zn/c2*23-20-16-8-4-2-6-14(16)9-11-17(20)21-22-19-15-7-3-1-5-13(15)10-12-18(19)24-21;/h2*1-12,23H;. The van der Waals surface area contributed by atoms with Gasteiger partial charge in [0.15, 0.2) is 0 Å². The van der Waals surface area contributed by atoms with Crippen molar-refractivity contribution in [3.63, 3.8) is 0 Å². The monoisotopic (exact) mass is 718 g/mol. The van der Waals surface area contributed by atoms with Gasteiger partial charge in [-0.15, -0.1) is 22.7 Å². The van der Waals surface area contributed by atoms with Crippen LogP contribution in [0, 0.1) is 0 Å². The number of hydrogen-bond acceptors (Lipinski definition) is 6. The molecule has 230 valence electrons. The van der Waals surface area contributed by atoms with E-state index in [4.69, 9.17) is 9.97 Å². The molecule has 0 aliphatic carbocycles. The van der Waals surface area contributed by atoms with E-state index in [2.05, 4.69) is 48.5 Å². The molecule has 2 N–H and O–H groups in total. The van der Waals surface area contributed by atoms with Crippen molar-refractivity contribution in [2.75, 3.05) is 0 Å². The average molecular weight is 720 g/mol. The Kier molecular flexibility index (Phi) is 8.05. The fourth-order valence-corrected chi connectivity index (χ4v) is 8.43. The molecule has 2 heterocycles. The second kappa shape index (κ2) is 12.7. The summed E-state index contributed by atoms with van der Waals surface area (Å²) in [6.07, 6.45) is 0. The van der Waals surface area contributed by atoms with Crippen LogP contribution in [0.25, 0.3) is 84.7 Å². The Balaban J connectivity index is 0.000000139. The van der Waals surface area contributed by atoms with Crippen LogP contribution in [0.2, 0.25) is 0 Å². The van der Waals surface area contributed by atoms with E-state index in [9.17, 15) is 10.2 Å². The third kappa shape index (κ3) is 5.41. The van der Waals surface area contributed by atoms with Crippen molar-refractivity contribution in [2.45, 2.75) is 0 Å². The summed E-state index contributed by atoms with van der Waals surface area (Å²) in [5, 5.41) is 31.6. The second-order valence-corrected chi connectivity index (χ2v) is 13.7. The van der Waals surface area contributed by atoms with E-state index >= 15 is 0 Å². The van der Waals surface area contributed by atoms with Crippen LogP contribution in [0.15, 0.2) is 146 Å². The molecule has 0 saturated carbocycles. The van der Waals surface area contributed by atoms with Gasteiger partial charge in [-0.3, -0.25) is 0 Å². The van der Waals surface area contributed by atoms with Gasteiger partial charge in [0, 0.05) is 41.0 Å². The summed E-state index contributed by atoms with van der Waals surface area (Å²) in [6.45, 7) is 0. The number of hydrogen-bond donors (Lipinski definition) is 2. The van der Waals surface area contributed by atoms with Crippen molar-refractivity contribution in [3.8, 4) is 32.6 Å². The Morgan fingerprint density at radius 1 is 0.367 bits per heavy atom. The molecular formula is C42H26N2O2S2Zn. The van der Waals surface area contributed by atoms with E-state index in [-0.39, 0.29) is 19.5 Å². The first kappa shape index (κ1) is 31.1. The minimum absolute atomic E-state index is 0. The predicted octanol–water partition coefficient (Wildman–Crippen LogP) is 11.9. The van der Waals surface area contributed by atoms with Crippen molar-refractivity contribution in [1.29, 1.82) is 0 Å². The zero-order valence-electron chi connectivity index (χ0n) is 26.2. The Hall–Kier alpha value is -5.20. The Bertz CT molecular complexity index is 2650. The third-order valence-electron chi connectivity index (χ3n) is 8.83. The van der Waals surface area contributed by atoms with Gasteiger partial charge in [-0.25, -0.2) is 9.97 Å². The van der Waals surface area contributed by atoms with Crippen LogP contribution in [0.1, 0.15) is 0 Å². The Labute approximate surface area is 302 Å². The molecule has 0 bridgehead atoms. The van der Waals surface area contributed by atoms with Gasteiger partial charge in [0.1, 0.15) is 21.5 Å². The molecule has 10 rings (SSSR count). The van der Waals surface area contributed by atoms with Crippen LogP contribution in [-0.2, 0) is 19.5 Å². The first-order valence-corrected chi connectivity index (χ1v) is 17.2. The van der Waals surface area contributed by atoms with Gasteiger partial charge in [0.2, 0.25) is 0 Å². The normalized spacial score (nSPS) is 11.3. The molecule has 0 aliphatic heterocycles. The molecule has 0 radical (unpaired) electrons. The fraction of sp³-hybridized carbons (Fsp3) is 0. The van der Waals surface area contributed by atoms with Gasteiger partial charge in [-0.05, 0) is 45.8 Å². The maximum atomic E-state index is 10.7. The Morgan fingerprint density at radius 3 is 1.10 bits per heavy atom. The molecular weight excluding hydrogens is 694 g/mol. The number of nitrogens with zero attached hydrogens (tertiary/aromatic N) is 2. The molecule has 4 nitrogen and oxygen atoms in total. The molecule has 10 aromatic rings. The van der Waals surface area contributed by atoms with Crippen LogP contribution in [-0.4, -0.2) is 20.2 Å². The van der Waals surface area contributed by atoms with Crippen molar-refractivity contribution >= 4 is 86.2 Å². The molecule has 0 fully saturated rings. The summed E-state index contributed by atoms with van der Waals surface area (Å²) in [7, 11) is 0. The second-order valence-electron chi connectivity index (χ2n) is 11.7. The molecule has 0 spiro atoms. The average Bonchev–Trinajstić information content (AvgIpc) is 3.78. The quantitative estimate of drug-likeness (QED) is 0.175. The SMILES string of the molecule is Oc1c(-c2nc3c(ccc4ccccc43)s2)ccc2ccccc12.Oc1c(-c2nc3c(ccc4ccccc43)s2)ccc2ccccc12.[Zn]. The molecule has 0 amide bonds. The number of benzene rings is 8. The van der Waals surface area contributed by atoms with Gasteiger partial charge in [0.25, 0.3) is 0 Å². The van der Waals surface area contributed by atoms with E-state index in [0.717, 1.165) is 73.9 Å². The number of phenolic OH excluding ortho intramolecular Hbond substituents is 2. The summed E-state index contributed by atoms with van der Waals surface area (Å²) in [5.41, 5.74) is 3.58. The summed E-state index contributed by atoms with van der Waals surface area (Å²) < 4.78 is 2.27. The largest absolute Gasteiger partial charge is 0.507 e. The molecule has 0 saturated heterocycles. The number of thiazole rings is 2. The van der Waals surface area contributed by atoms with Crippen LogP contribution in [0.3, 0.4) is 0 Å². The summed E-state index contributed by atoms with van der Waals surface area (Å²) in [6, 6.07) is 48.7. The molecule has 0 aliphatic rings. The van der Waals surface area contributed by atoms with E-state index in [0.29, 0.717) is 11.5 Å². The van der Waals surface area contributed by atoms with Crippen molar-refractivity contribution in [3.05, 3.63) is 146 Å². The smallest absolute Gasteiger partial charge is 0.133 e. The topological polar surface area (TPSA) is 66.2 Å². The van der Waals surface area contributed by atoms with E-state index in [1.807, 2.05) is 97.1 Å². The predicted molar refractivity (Wildman–Crippen MR) is 203 cm³/mol. The van der Waals surface area contributed by atoms with Gasteiger partial charge in [0.05, 0.1) is 31.6 Å². The van der Waals surface area contributed by atoms with E-state index < -0.39 is 0 Å². The molecule has 2 aromatic heterocycles. The number of rotatable bonds is 2. The minimum atomic E-state index is 0. The van der Waals surface area contributed by atoms with Crippen LogP contribution in [0.4, 0.5) is 0 Å². The maximum Gasteiger partial charge on any atom is 0.133 e. The van der Waals surface area contributed by atoms with Crippen LogP contribution < -0.4 is 0 Å². The first-order valence-electron chi connectivity index (χ1n) is 15.6. The maximum absolute atomic E-state index is 10.7. The molecule has 49 heavy (non-hydrogen) atoms. The summed E-state index contributed by atoms with van der Waals surface area (Å²) >= 11 is 3.23. The minimum Gasteiger partial charge on any atom is -0.507 e. The van der Waals surface area contributed by atoms with Crippen molar-refractivity contribution in [1.82, 2.24) is 9.97 Å². The zero-order valence-corrected chi connectivity index (χ0v) is 30.8. The number of phenols is 2. The van der Waals surface area contributed by atoms with Crippen LogP contribution in [0.5, 0.6) is 11.5 Å². The molecule has 0 atom stereocenters. The first-order chi connectivity index (χ1) is 23.6. The van der Waals surface area contributed by atoms with Crippen molar-refractivity contribution in [2.24, 2.45) is 0 Å². The third-order valence-corrected chi connectivity index (χ3v) is 10.9. The molecule has 7 heteroatoms. The number of aromatic hydroxyl groups is 2. The van der Waals surface area contributed by atoms with Gasteiger partial charge in [-0.1, -0.05) is 121 Å². The van der Waals surface area contributed by atoms with Crippen molar-refractivity contribution < 1.29 is 29.7 Å². The van der Waals surface area contributed by atoms with Crippen LogP contribution >= 0.6 is 22.7 Å². The summed E-state index contributed by atoms with van der Waals surface area (Å²) in [4.78, 5) is 9.67. The van der Waals surface area contributed by atoms with E-state index in [1.165, 1.54) is 10.8 Å². The van der Waals surface area contributed by atoms with Gasteiger partial charge in [-0.2, -0.15) is 0 Å². The Morgan fingerprint density at radius 2 is 0.694 bits per heavy atom. The van der Waals surface area contributed by atoms with Gasteiger partial charge < -0.3 is 10.2 Å². The van der Waals surface area contributed by atoms with Gasteiger partial charge >= 0.3 is 0 Å². The zero-order chi connectivity index (χ0) is 32.2. The number of aromatic nitrogens is 2. The summed E-state index contributed by atoms with van der Waals surface area (Å²) in [5.74, 6) is 0.605. The number of fused-ring (bicyclic) bond motifs is 8. The molecule has 8 aromatic carbocycles.